The van der Waals surface area contributed by atoms with Crippen molar-refractivity contribution in [2.75, 3.05) is 20.1 Å². The number of aryl methyl sites for hydroxylation is 1. The molecule has 0 heterocycles. The molecule has 0 aromatic heterocycles. The van der Waals surface area contributed by atoms with E-state index in [2.05, 4.69) is 57.0 Å². The zero-order valence-electron chi connectivity index (χ0n) is 12.9. The molecule has 106 valence electrons. The van der Waals surface area contributed by atoms with Crippen LogP contribution in [0.15, 0.2) is 24.3 Å². The number of fused-ring (bicyclic) bond motifs is 1. The Morgan fingerprint density at radius 1 is 1.26 bits per heavy atom. The van der Waals surface area contributed by atoms with Crippen LogP contribution in [0.1, 0.15) is 44.7 Å². The molecule has 1 aliphatic carbocycles. The van der Waals surface area contributed by atoms with Crippen molar-refractivity contribution in [3.63, 3.8) is 0 Å². The smallest absolute Gasteiger partial charge is 0.0584 e. The Labute approximate surface area is 118 Å². The molecule has 0 aliphatic heterocycles. The third-order valence-electron chi connectivity index (χ3n) is 4.34. The quantitative estimate of drug-likeness (QED) is 0.904. The van der Waals surface area contributed by atoms with Gasteiger partial charge in [0.1, 0.15) is 0 Å². The number of rotatable bonds is 3. The van der Waals surface area contributed by atoms with Crippen LogP contribution >= 0.6 is 0 Å². The maximum absolute atomic E-state index is 6.23. The number of likely N-dealkylation sites (N-methyl/N-ethyl adjacent to an activating group) is 1. The Bertz CT molecular complexity index is 433. The molecule has 0 fully saturated rings. The molecule has 2 rings (SSSR count). The highest BCUT2D eigenvalue weighted by Gasteiger charge is 2.39. The first-order chi connectivity index (χ1) is 8.89. The number of nitrogens with two attached hydrogens (primary N) is 1. The van der Waals surface area contributed by atoms with Crippen molar-refractivity contribution in [1.29, 1.82) is 0 Å². The lowest BCUT2D eigenvalue weighted by molar-refractivity contribution is 0.0686. The summed E-state index contributed by atoms with van der Waals surface area (Å²) in [6, 6.07) is 8.85. The van der Waals surface area contributed by atoms with Crippen LogP contribution in [0.4, 0.5) is 0 Å². The fourth-order valence-electron chi connectivity index (χ4n) is 3.53. The van der Waals surface area contributed by atoms with Gasteiger partial charge in [0.25, 0.3) is 0 Å². The van der Waals surface area contributed by atoms with Crippen molar-refractivity contribution in [3.8, 4) is 0 Å². The minimum absolute atomic E-state index is 0.0299. The van der Waals surface area contributed by atoms with Gasteiger partial charge in [0.05, 0.1) is 5.54 Å². The van der Waals surface area contributed by atoms with Crippen molar-refractivity contribution < 1.29 is 0 Å². The van der Waals surface area contributed by atoms with Gasteiger partial charge < -0.3 is 5.73 Å². The van der Waals surface area contributed by atoms with Crippen molar-refractivity contribution in [2.45, 2.75) is 45.6 Å². The first kappa shape index (κ1) is 14.5. The van der Waals surface area contributed by atoms with Crippen LogP contribution in [0.25, 0.3) is 0 Å². The van der Waals surface area contributed by atoms with Gasteiger partial charge in [0.2, 0.25) is 0 Å². The fourth-order valence-corrected chi connectivity index (χ4v) is 3.53. The van der Waals surface area contributed by atoms with E-state index in [1.165, 1.54) is 30.4 Å². The van der Waals surface area contributed by atoms with Gasteiger partial charge >= 0.3 is 0 Å². The molecule has 2 N–H and O–H groups in total. The van der Waals surface area contributed by atoms with Crippen LogP contribution in [-0.4, -0.2) is 25.0 Å². The molecular formula is C17H28N2. The highest BCUT2D eigenvalue weighted by Crippen LogP contribution is 2.39. The van der Waals surface area contributed by atoms with Gasteiger partial charge in [-0.25, -0.2) is 0 Å². The maximum Gasteiger partial charge on any atom is 0.0584 e. The van der Waals surface area contributed by atoms with Gasteiger partial charge in [0, 0.05) is 13.1 Å². The predicted octanol–water partition coefficient (Wildman–Crippen LogP) is 3.15. The van der Waals surface area contributed by atoms with E-state index in [0.29, 0.717) is 12.0 Å². The summed E-state index contributed by atoms with van der Waals surface area (Å²) in [7, 11) is 2.24. The van der Waals surface area contributed by atoms with Gasteiger partial charge in [-0.05, 0) is 42.9 Å². The van der Waals surface area contributed by atoms with Gasteiger partial charge in [-0.1, -0.05) is 45.0 Å². The first-order valence-corrected chi connectivity index (χ1v) is 7.39. The van der Waals surface area contributed by atoms with Crippen LogP contribution in [0.3, 0.4) is 0 Å². The summed E-state index contributed by atoms with van der Waals surface area (Å²) in [5.41, 5.74) is 9.50. The lowest BCUT2D eigenvalue weighted by Crippen LogP contribution is -2.53. The Morgan fingerprint density at radius 2 is 1.95 bits per heavy atom. The van der Waals surface area contributed by atoms with Crippen LogP contribution in [0.2, 0.25) is 0 Å². The molecule has 1 aliphatic rings. The van der Waals surface area contributed by atoms with Crippen LogP contribution in [-0.2, 0) is 12.0 Å². The summed E-state index contributed by atoms with van der Waals surface area (Å²) in [5.74, 6) is 0. The van der Waals surface area contributed by atoms with E-state index in [1.807, 2.05) is 0 Å². The second-order valence-electron chi connectivity index (χ2n) is 7.16. The third kappa shape index (κ3) is 2.85. The second-order valence-corrected chi connectivity index (χ2v) is 7.16. The SMILES string of the molecule is CN(CC(C)(C)C)C1(CN)CCCc2ccccc21. The van der Waals surface area contributed by atoms with E-state index in [4.69, 9.17) is 5.73 Å². The molecule has 0 bridgehead atoms. The Balaban J connectivity index is 2.39. The maximum atomic E-state index is 6.23. The number of hydrogen-bond acceptors (Lipinski definition) is 2. The standard InChI is InChI=1S/C17H28N2/c1-16(2,3)13-19(4)17(12-18)11-7-9-14-8-5-6-10-15(14)17/h5-6,8,10H,7,9,11-13,18H2,1-4H3. The molecule has 0 saturated carbocycles. The second kappa shape index (κ2) is 5.26. The highest BCUT2D eigenvalue weighted by molar-refractivity contribution is 5.36. The Kier molecular flexibility index (Phi) is 4.03. The molecule has 1 aromatic rings. The molecule has 19 heavy (non-hydrogen) atoms. The fraction of sp³-hybridized carbons (Fsp3) is 0.647. The molecule has 0 radical (unpaired) electrons. The van der Waals surface area contributed by atoms with E-state index in [-0.39, 0.29) is 5.54 Å². The summed E-state index contributed by atoms with van der Waals surface area (Å²) < 4.78 is 0. The highest BCUT2D eigenvalue weighted by atomic mass is 15.2. The molecule has 1 unspecified atom stereocenters. The minimum Gasteiger partial charge on any atom is -0.328 e. The largest absolute Gasteiger partial charge is 0.328 e. The van der Waals surface area contributed by atoms with Crippen LogP contribution < -0.4 is 5.73 Å². The molecule has 1 aromatic carbocycles. The third-order valence-corrected chi connectivity index (χ3v) is 4.34. The summed E-state index contributed by atoms with van der Waals surface area (Å²) in [4.78, 5) is 2.49. The molecule has 0 saturated heterocycles. The van der Waals surface area contributed by atoms with E-state index in [1.54, 1.807) is 0 Å². The summed E-state index contributed by atoms with van der Waals surface area (Å²) in [6.07, 6.45) is 3.61. The number of hydrogen-bond donors (Lipinski definition) is 1. The summed E-state index contributed by atoms with van der Waals surface area (Å²) in [6.45, 7) is 8.66. The molecule has 2 heteroatoms. The Morgan fingerprint density at radius 3 is 2.58 bits per heavy atom. The van der Waals surface area contributed by atoms with Gasteiger partial charge in [-0.15, -0.1) is 0 Å². The van der Waals surface area contributed by atoms with E-state index in [0.717, 1.165) is 6.54 Å². The predicted molar refractivity (Wildman–Crippen MR) is 82.2 cm³/mol. The van der Waals surface area contributed by atoms with Crippen LogP contribution in [0, 0.1) is 5.41 Å². The van der Waals surface area contributed by atoms with Crippen molar-refractivity contribution in [3.05, 3.63) is 35.4 Å². The summed E-state index contributed by atoms with van der Waals surface area (Å²) in [5, 5.41) is 0. The van der Waals surface area contributed by atoms with Gasteiger partial charge in [-0.2, -0.15) is 0 Å². The number of nitrogens with zero attached hydrogens (tertiary/aromatic N) is 1. The topological polar surface area (TPSA) is 29.3 Å². The van der Waals surface area contributed by atoms with Crippen molar-refractivity contribution in [1.82, 2.24) is 4.90 Å². The Hall–Kier alpha value is -0.860. The van der Waals surface area contributed by atoms with Gasteiger partial charge in [0.15, 0.2) is 0 Å². The summed E-state index contributed by atoms with van der Waals surface area (Å²) >= 11 is 0. The zero-order chi connectivity index (χ0) is 14.1. The van der Waals surface area contributed by atoms with E-state index in [9.17, 15) is 0 Å². The lowest BCUT2D eigenvalue weighted by Gasteiger charge is -2.47. The van der Waals surface area contributed by atoms with E-state index >= 15 is 0 Å². The van der Waals surface area contributed by atoms with Gasteiger partial charge in [-0.3, -0.25) is 4.90 Å². The average molecular weight is 260 g/mol. The average Bonchev–Trinajstić information content (AvgIpc) is 2.36. The van der Waals surface area contributed by atoms with Crippen LogP contribution in [0.5, 0.6) is 0 Å². The molecule has 0 amide bonds. The molecule has 0 spiro atoms. The normalized spacial score (nSPS) is 23.5. The minimum atomic E-state index is 0.0299. The monoisotopic (exact) mass is 260 g/mol. The van der Waals surface area contributed by atoms with Crippen molar-refractivity contribution in [2.24, 2.45) is 11.1 Å². The number of benzene rings is 1. The first-order valence-electron chi connectivity index (χ1n) is 7.39. The molecular weight excluding hydrogens is 232 g/mol. The molecule has 1 atom stereocenters. The zero-order valence-corrected chi connectivity index (χ0v) is 12.9. The van der Waals surface area contributed by atoms with Crippen molar-refractivity contribution >= 4 is 0 Å². The molecule has 2 nitrogen and oxygen atoms in total. The van der Waals surface area contributed by atoms with E-state index < -0.39 is 0 Å². The lowest BCUT2D eigenvalue weighted by atomic mass is 9.74.